The Bertz CT molecular complexity index is 524. The number of aryl methyl sites for hydroxylation is 1. The Labute approximate surface area is 130 Å². The minimum Gasteiger partial charge on any atom is -0.355 e. The molecule has 116 valence electrons. The Morgan fingerprint density at radius 3 is 2.90 bits per heavy atom. The lowest BCUT2D eigenvalue weighted by Gasteiger charge is -2.14. The summed E-state index contributed by atoms with van der Waals surface area (Å²) in [6.07, 6.45) is 8.29. The molecule has 1 aromatic heterocycles. The fourth-order valence-corrected chi connectivity index (χ4v) is 3.21. The molecule has 0 spiro atoms. The topological polar surface area (TPSA) is 59.8 Å². The summed E-state index contributed by atoms with van der Waals surface area (Å²) in [4.78, 5) is 12.1. The second-order valence-corrected chi connectivity index (χ2v) is 6.81. The van der Waals surface area contributed by atoms with Crippen LogP contribution in [-0.2, 0) is 11.8 Å². The van der Waals surface area contributed by atoms with Crippen molar-refractivity contribution in [2.75, 3.05) is 6.54 Å². The van der Waals surface area contributed by atoms with E-state index in [1.165, 1.54) is 43.0 Å². The molecule has 1 heterocycles. The number of hydrogen-bond donors (Lipinski definition) is 1. The zero-order valence-corrected chi connectivity index (χ0v) is 13.9. The molecule has 1 N–H and O–H groups in total. The van der Waals surface area contributed by atoms with Gasteiger partial charge in [0.05, 0.1) is 5.25 Å². The Kier molecular flexibility index (Phi) is 5.85. The highest BCUT2D eigenvalue weighted by molar-refractivity contribution is 8.00. The molecule has 0 radical (unpaired) electrons. The fourth-order valence-electron chi connectivity index (χ4n) is 2.32. The Morgan fingerprint density at radius 1 is 1.48 bits per heavy atom. The van der Waals surface area contributed by atoms with Crippen LogP contribution in [0, 0.1) is 6.92 Å². The van der Waals surface area contributed by atoms with E-state index in [1.807, 2.05) is 25.5 Å². The van der Waals surface area contributed by atoms with Gasteiger partial charge >= 0.3 is 0 Å². The zero-order valence-electron chi connectivity index (χ0n) is 13.1. The van der Waals surface area contributed by atoms with E-state index in [4.69, 9.17) is 0 Å². The van der Waals surface area contributed by atoms with Gasteiger partial charge in [-0.3, -0.25) is 4.79 Å². The molecule has 5 nitrogen and oxygen atoms in total. The van der Waals surface area contributed by atoms with Gasteiger partial charge in [0.25, 0.3) is 0 Å². The monoisotopic (exact) mass is 308 g/mol. The SMILES string of the molecule is Cc1nnc(S[C@H](C)C(=O)NCCC2=CCCCC2)n1C. The van der Waals surface area contributed by atoms with Crippen LogP contribution in [0.5, 0.6) is 0 Å². The molecular formula is C15H24N4OS. The molecule has 21 heavy (non-hydrogen) atoms. The number of aromatic nitrogens is 3. The summed E-state index contributed by atoms with van der Waals surface area (Å²) in [5.41, 5.74) is 1.49. The summed E-state index contributed by atoms with van der Waals surface area (Å²) < 4.78 is 1.90. The van der Waals surface area contributed by atoms with Crippen LogP contribution in [0.3, 0.4) is 0 Å². The normalized spacial score (nSPS) is 16.4. The third kappa shape index (κ3) is 4.59. The molecule has 0 saturated heterocycles. The Balaban J connectivity index is 1.74. The first kappa shape index (κ1) is 16.1. The molecule has 1 aliphatic rings. The van der Waals surface area contributed by atoms with Gasteiger partial charge in [-0.25, -0.2) is 0 Å². The molecule has 0 saturated carbocycles. The average Bonchev–Trinajstić information content (AvgIpc) is 2.80. The molecule has 0 bridgehead atoms. The molecule has 1 aromatic rings. The predicted octanol–water partition coefficient (Wildman–Crippen LogP) is 2.61. The smallest absolute Gasteiger partial charge is 0.233 e. The van der Waals surface area contributed by atoms with Crippen LogP contribution in [0.25, 0.3) is 0 Å². The molecule has 1 atom stereocenters. The molecule has 2 rings (SSSR count). The molecule has 0 fully saturated rings. The first-order chi connectivity index (χ1) is 10.1. The van der Waals surface area contributed by atoms with Crippen LogP contribution in [0.2, 0.25) is 0 Å². The predicted molar refractivity (Wildman–Crippen MR) is 85.2 cm³/mol. The summed E-state index contributed by atoms with van der Waals surface area (Å²) >= 11 is 1.45. The van der Waals surface area contributed by atoms with Crippen molar-refractivity contribution in [3.8, 4) is 0 Å². The van der Waals surface area contributed by atoms with Crippen molar-refractivity contribution in [3.63, 3.8) is 0 Å². The van der Waals surface area contributed by atoms with Crippen molar-refractivity contribution >= 4 is 17.7 Å². The van der Waals surface area contributed by atoms with E-state index in [9.17, 15) is 4.79 Å². The lowest BCUT2D eigenvalue weighted by atomic mass is 9.97. The van der Waals surface area contributed by atoms with Gasteiger partial charge in [-0.15, -0.1) is 10.2 Å². The standard InChI is InChI=1S/C15H24N4OS/c1-11(21-15-18-17-12(2)19(15)3)14(20)16-10-9-13-7-5-4-6-8-13/h7,11H,4-6,8-10H2,1-3H3,(H,16,20)/t11-/m1/s1. The van der Waals surface area contributed by atoms with Crippen molar-refractivity contribution in [1.82, 2.24) is 20.1 Å². The van der Waals surface area contributed by atoms with Crippen LogP contribution >= 0.6 is 11.8 Å². The van der Waals surface area contributed by atoms with E-state index in [-0.39, 0.29) is 11.2 Å². The molecule has 0 aliphatic heterocycles. The van der Waals surface area contributed by atoms with E-state index in [2.05, 4.69) is 21.6 Å². The fraction of sp³-hybridized carbons (Fsp3) is 0.667. The van der Waals surface area contributed by atoms with E-state index >= 15 is 0 Å². The van der Waals surface area contributed by atoms with Crippen molar-refractivity contribution in [1.29, 1.82) is 0 Å². The number of amides is 1. The third-order valence-corrected chi connectivity index (χ3v) is 4.97. The maximum Gasteiger partial charge on any atom is 0.233 e. The number of carbonyl (C=O) groups is 1. The first-order valence-electron chi connectivity index (χ1n) is 7.56. The van der Waals surface area contributed by atoms with E-state index in [0.717, 1.165) is 23.9 Å². The van der Waals surface area contributed by atoms with E-state index in [1.54, 1.807) is 0 Å². The van der Waals surface area contributed by atoms with Gasteiger partial charge < -0.3 is 9.88 Å². The Hall–Kier alpha value is -1.30. The summed E-state index contributed by atoms with van der Waals surface area (Å²) in [5.74, 6) is 0.923. The number of allylic oxidation sites excluding steroid dienone is 1. The lowest BCUT2D eigenvalue weighted by molar-refractivity contribution is -0.120. The van der Waals surface area contributed by atoms with Crippen molar-refractivity contribution in [3.05, 3.63) is 17.5 Å². The summed E-state index contributed by atoms with van der Waals surface area (Å²) in [6.45, 7) is 4.54. The summed E-state index contributed by atoms with van der Waals surface area (Å²) in [5, 5.41) is 11.7. The van der Waals surface area contributed by atoms with Gasteiger partial charge in [0.1, 0.15) is 5.82 Å². The number of thioether (sulfide) groups is 1. The van der Waals surface area contributed by atoms with Crippen LogP contribution in [-0.4, -0.2) is 32.5 Å². The summed E-state index contributed by atoms with van der Waals surface area (Å²) in [7, 11) is 1.91. The Morgan fingerprint density at radius 2 is 2.29 bits per heavy atom. The van der Waals surface area contributed by atoms with Gasteiger partial charge in [-0.05, 0) is 46.0 Å². The third-order valence-electron chi connectivity index (χ3n) is 3.83. The zero-order chi connectivity index (χ0) is 15.2. The van der Waals surface area contributed by atoms with E-state index in [0.29, 0.717) is 0 Å². The van der Waals surface area contributed by atoms with Crippen LogP contribution in [0.1, 0.15) is 44.9 Å². The van der Waals surface area contributed by atoms with Gasteiger partial charge in [-0.2, -0.15) is 0 Å². The summed E-state index contributed by atoms with van der Waals surface area (Å²) in [6, 6.07) is 0. The minimum absolute atomic E-state index is 0.0667. The highest BCUT2D eigenvalue weighted by atomic mass is 32.2. The molecular weight excluding hydrogens is 284 g/mol. The maximum atomic E-state index is 12.1. The van der Waals surface area contributed by atoms with Crippen LogP contribution in [0.15, 0.2) is 16.8 Å². The number of carbonyl (C=O) groups excluding carboxylic acids is 1. The number of nitrogens with one attached hydrogen (secondary N) is 1. The van der Waals surface area contributed by atoms with Crippen LogP contribution in [0.4, 0.5) is 0 Å². The maximum absolute atomic E-state index is 12.1. The van der Waals surface area contributed by atoms with Crippen molar-refractivity contribution < 1.29 is 4.79 Å². The molecule has 0 aromatic carbocycles. The molecule has 6 heteroatoms. The quantitative estimate of drug-likeness (QED) is 0.648. The number of nitrogens with zero attached hydrogens (tertiary/aromatic N) is 3. The second-order valence-electron chi connectivity index (χ2n) is 5.50. The average molecular weight is 308 g/mol. The van der Waals surface area contributed by atoms with E-state index < -0.39 is 0 Å². The first-order valence-corrected chi connectivity index (χ1v) is 8.44. The van der Waals surface area contributed by atoms with Gasteiger partial charge in [0.15, 0.2) is 5.16 Å². The largest absolute Gasteiger partial charge is 0.355 e. The van der Waals surface area contributed by atoms with Crippen molar-refractivity contribution in [2.24, 2.45) is 7.05 Å². The number of rotatable bonds is 6. The lowest BCUT2D eigenvalue weighted by Crippen LogP contribution is -2.32. The molecule has 1 aliphatic carbocycles. The van der Waals surface area contributed by atoms with Gasteiger partial charge in [-0.1, -0.05) is 23.4 Å². The van der Waals surface area contributed by atoms with Crippen molar-refractivity contribution in [2.45, 2.75) is 56.4 Å². The van der Waals surface area contributed by atoms with Gasteiger partial charge in [0, 0.05) is 13.6 Å². The minimum atomic E-state index is -0.160. The highest BCUT2D eigenvalue weighted by Crippen LogP contribution is 2.22. The van der Waals surface area contributed by atoms with Gasteiger partial charge in [0.2, 0.25) is 5.91 Å². The highest BCUT2D eigenvalue weighted by Gasteiger charge is 2.17. The second kappa shape index (κ2) is 7.64. The molecule has 1 amide bonds. The number of hydrogen-bond acceptors (Lipinski definition) is 4. The van der Waals surface area contributed by atoms with Crippen LogP contribution < -0.4 is 5.32 Å². The molecule has 0 unspecified atom stereocenters.